The van der Waals surface area contributed by atoms with Crippen LogP contribution < -0.4 is 10.1 Å². The first kappa shape index (κ1) is 15.4. The largest absolute Gasteiger partial charge is 0.490 e. The number of methoxy groups -OCH3 is 1. The maximum Gasteiger partial charge on any atom is 0.311 e. The summed E-state index contributed by atoms with van der Waals surface area (Å²) in [6.45, 7) is 2.16. The summed E-state index contributed by atoms with van der Waals surface area (Å²) in [6, 6.07) is 5.63. The Balaban J connectivity index is 2.74. The van der Waals surface area contributed by atoms with Crippen LogP contribution >= 0.6 is 0 Å². The van der Waals surface area contributed by atoms with Gasteiger partial charge in [0.05, 0.1) is 12.0 Å². The molecule has 0 aliphatic heterocycles. The molecule has 0 aliphatic carbocycles. The normalized spacial score (nSPS) is 12.2. The molecule has 0 bridgehead atoms. The molecule has 0 aromatic heterocycles. The lowest BCUT2D eigenvalue weighted by atomic mass is 10.0. The standard InChI is InChI=1S/C14H22N2O3/c1-4-5-12(15-2)8-6-11-7-9-14(19-3)13(10-11)16(17)18/h7,9-10,12,15H,4-6,8H2,1-3H3. The first-order valence-corrected chi connectivity index (χ1v) is 6.60. The summed E-state index contributed by atoms with van der Waals surface area (Å²) in [5, 5.41) is 14.2. The highest BCUT2D eigenvalue weighted by Gasteiger charge is 2.15. The number of ether oxygens (including phenoxy) is 1. The molecule has 106 valence electrons. The van der Waals surface area contributed by atoms with Crippen molar-refractivity contribution in [3.63, 3.8) is 0 Å². The minimum Gasteiger partial charge on any atom is -0.490 e. The van der Waals surface area contributed by atoms with E-state index in [1.54, 1.807) is 12.1 Å². The van der Waals surface area contributed by atoms with Crippen molar-refractivity contribution in [3.8, 4) is 5.75 Å². The van der Waals surface area contributed by atoms with Crippen molar-refractivity contribution < 1.29 is 9.66 Å². The number of nitrogens with zero attached hydrogens (tertiary/aromatic N) is 1. The Morgan fingerprint density at radius 1 is 1.42 bits per heavy atom. The van der Waals surface area contributed by atoms with Gasteiger partial charge in [0.1, 0.15) is 0 Å². The van der Waals surface area contributed by atoms with Crippen LogP contribution in [0.15, 0.2) is 18.2 Å². The Bertz CT molecular complexity index is 421. The molecule has 1 aromatic carbocycles. The highest BCUT2D eigenvalue weighted by molar-refractivity contribution is 5.48. The van der Waals surface area contributed by atoms with Crippen molar-refractivity contribution in [1.29, 1.82) is 0 Å². The van der Waals surface area contributed by atoms with Gasteiger partial charge in [-0.15, -0.1) is 0 Å². The molecule has 0 heterocycles. The molecule has 0 saturated heterocycles. The lowest BCUT2D eigenvalue weighted by molar-refractivity contribution is -0.385. The van der Waals surface area contributed by atoms with Gasteiger partial charge in [0.2, 0.25) is 0 Å². The molecule has 0 radical (unpaired) electrons. The molecule has 0 fully saturated rings. The summed E-state index contributed by atoms with van der Waals surface area (Å²) in [5.41, 5.74) is 1.01. The van der Waals surface area contributed by atoms with Gasteiger partial charge in [-0.2, -0.15) is 0 Å². The average Bonchev–Trinajstić information content (AvgIpc) is 2.43. The Labute approximate surface area is 114 Å². The van der Waals surface area contributed by atoms with E-state index < -0.39 is 4.92 Å². The number of nitrogens with one attached hydrogen (secondary N) is 1. The third-order valence-electron chi connectivity index (χ3n) is 3.27. The van der Waals surface area contributed by atoms with Gasteiger partial charge in [-0.3, -0.25) is 10.1 Å². The predicted octanol–water partition coefficient (Wildman–Crippen LogP) is 2.92. The van der Waals surface area contributed by atoms with Gasteiger partial charge in [-0.25, -0.2) is 0 Å². The lowest BCUT2D eigenvalue weighted by Gasteiger charge is -2.15. The van der Waals surface area contributed by atoms with Crippen molar-refractivity contribution in [3.05, 3.63) is 33.9 Å². The number of nitro benzene ring substituents is 1. The third kappa shape index (κ3) is 4.52. The minimum absolute atomic E-state index is 0.0384. The second kappa shape index (κ2) is 7.74. The van der Waals surface area contributed by atoms with E-state index in [1.807, 2.05) is 13.1 Å². The molecule has 0 aliphatic rings. The van der Waals surface area contributed by atoms with E-state index in [2.05, 4.69) is 12.2 Å². The molecule has 1 atom stereocenters. The zero-order valence-corrected chi connectivity index (χ0v) is 11.8. The molecule has 1 N–H and O–H groups in total. The SMILES string of the molecule is CCCC(CCc1ccc(OC)c([N+](=O)[O-])c1)NC. The molecule has 1 aromatic rings. The highest BCUT2D eigenvalue weighted by atomic mass is 16.6. The summed E-state index contributed by atoms with van der Waals surface area (Å²) in [6.07, 6.45) is 4.06. The molecule has 0 amide bonds. The van der Waals surface area contributed by atoms with Crippen LogP contribution in [-0.4, -0.2) is 25.1 Å². The van der Waals surface area contributed by atoms with Crippen LogP contribution in [0.3, 0.4) is 0 Å². The van der Waals surface area contributed by atoms with E-state index in [0.29, 0.717) is 11.8 Å². The minimum atomic E-state index is -0.399. The maximum atomic E-state index is 10.9. The fourth-order valence-electron chi connectivity index (χ4n) is 2.16. The van der Waals surface area contributed by atoms with Gasteiger partial charge in [-0.05, 0) is 37.9 Å². The molecule has 1 rings (SSSR count). The number of hydrogen-bond acceptors (Lipinski definition) is 4. The number of aryl methyl sites for hydroxylation is 1. The first-order chi connectivity index (χ1) is 9.12. The average molecular weight is 266 g/mol. The molecule has 0 saturated carbocycles. The van der Waals surface area contributed by atoms with Crippen LogP contribution in [0.1, 0.15) is 31.7 Å². The Morgan fingerprint density at radius 3 is 2.68 bits per heavy atom. The summed E-state index contributed by atoms with van der Waals surface area (Å²) in [5.74, 6) is 0.312. The van der Waals surface area contributed by atoms with E-state index in [4.69, 9.17) is 4.74 Å². The van der Waals surface area contributed by atoms with Crippen LogP contribution in [0.5, 0.6) is 5.75 Å². The Morgan fingerprint density at radius 2 is 2.16 bits per heavy atom. The molecule has 1 unspecified atom stereocenters. The fraction of sp³-hybridized carbons (Fsp3) is 0.571. The number of hydrogen-bond donors (Lipinski definition) is 1. The van der Waals surface area contributed by atoms with E-state index in [9.17, 15) is 10.1 Å². The van der Waals surface area contributed by atoms with Crippen LogP contribution in [0.2, 0.25) is 0 Å². The molecule has 0 spiro atoms. The number of nitro groups is 1. The van der Waals surface area contributed by atoms with Crippen molar-refractivity contribution >= 4 is 5.69 Å². The monoisotopic (exact) mass is 266 g/mol. The molecule has 19 heavy (non-hydrogen) atoms. The predicted molar refractivity (Wildman–Crippen MR) is 75.7 cm³/mol. The Hall–Kier alpha value is -1.62. The van der Waals surface area contributed by atoms with Crippen LogP contribution in [-0.2, 0) is 6.42 Å². The van der Waals surface area contributed by atoms with Gasteiger partial charge in [-0.1, -0.05) is 19.4 Å². The third-order valence-corrected chi connectivity index (χ3v) is 3.27. The molecular weight excluding hydrogens is 244 g/mol. The summed E-state index contributed by atoms with van der Waals surface area (Å²) >= 11 is 0. The van der Waals surface area contributed by atoms with Crippen LogP contribution in [0.25, 0.3) is 0 Å². The smallest absolute Gasteiger partial charge is 0.311 e. The Kier molecular flexibility index (Phi) is 6.29. The van der Waals surface area contributed by atoms with Gasteiger partial charge < -0.3 is 10.1 Å². The fourth-order valence-corrected chi connectivity index (χ4v) is 2.16. The quantitative estimate of drug-likeness (QED) is 0.580. The van der Waals surface area contributed by atoms with Gasteiger partial charge in [0.25, 0.3) is 0 Å². The van der Waals surface area contributed by atoms with E-state index in [-0.39, 0.29) is 5.69 Å². The molecule has 5 nitrogen and oxygen atoms in total. The summed E-state index contributed by atoms with van der Waals surface area (Å²) in [7, 11) is 3.40. The number of benzene rings is 1. The second-order valence-electron chi connectivity index (χ2n) is 4.58. The van der Waals surface area contributed by atoms with Crippen LogP contribution in [0.4, 0.5) is 5.69 Å². The van der Waals surface area contributed by atoms with Crippen molar-refractivity contribution in [2.75, 3.05) is 14.2 Å². The van der Waals surface area contributed by atoms with Crippen molar-refractivity contribution in [2.45, 2.75) is 38.6 Å². The van der Waals surface area contributed by atoms with Gasteiger partial charge in [0, 0.05) is 12.1 Å². The highest BCUT2D eigenvalue weighted by Crippen LogP contribution is 2.28. The topological polar surface area (TPSA) is 64.4 Å². The molecule has 5 heteroatoms. The summed E-state index contributed by atoms with van der Waals surface area (Å²) < 4.78 is 4.99. The van der Waals surface area contributed by atoms with E-state index in [0.717, 1.165) is 31.2 Å². The van der Waals surface area contributed by atoms with Crippen molar-refractivity contribution in [1.82, 2.24) is 5.32 Å². The molecular formula is C14H22N2O3. The van der Waals surface area contributed by atoms with E-state index in [1.165, 1.54) is 7.11 Å². The van der Waals surface area contributed by atoms with E-state index >= 15 is 0 Å². The maximum absolute atomic E-state index is 10.9. The summed E-state index contributed by atoms with van der Waals surface area (Å²) in [4.78, 5) is 10.5. The first-order valence-electron chi connectivity index (χ1n) is 6.60. The van der Waals surface area contributed by atoms with Crippen LogP contribution in [0, 0.1) is 10.1 Å². The van der Waals surface area contributed by atoms with Crippen molar-refractivity contribution in [2.24, 2.45) is 0 Å². The zero-order valence-electron chi connectivity index (χ0n) is 11.8. The van der Waals surface area contributed by atoms with Gasteiger partial charge in [0.15, 0.2) is 5.75 Å². The lowest BCUT2D eigenvalue weighted by Crippen LogP contribution is -2.25. The number of rotatable bonds is 8. The van der Waals surface area contributed by atoms with Gasteiger partial charge >= 0.3 is 5.69 Å². The zero-order chi connectivity index (χ0) is 14.3. The second-order valence-corrected chi connectivity index (χ2v) is 4.58.